The molecule has 1 saturated heterocycles. The first kappa shape index (κ1) is 15.8. The van der Waals surface area contributed by atoms with Gasteiger partial charge in [-0.15, -0.1) is 0 Å². The van der Waals surface area contributed by atoms with Crippen molar-refractivity contribution < 1.29 is 23.5 Å². The van der Waals surface area contributed by atoms with E-state index in [4.69, 9.17) is 4.74 Å². The van der Waals surface area contributed by atoms with Crippen molar-refractivity contribution >= 4 is 17.9 Å². The van der Waals surface area contributed by atoms with E-state index in [9.17, 15) is 14.4 Å². The second-order valence-electron chi connectivity index (χ2n) is 6.72. The summed E-state index contributed by atoms with van der Waals surface area (Å²) < 4.78 is 21.6. The van der Waals surface area contributed by atoms with Gasteiger partial charge in [0.15, 0.2) is 0 Å². The fourth-order valence-electron chi connectivity index (χ4n) is 4.45. The average molecular weight is 344 g/mol. The summed E-state index contributed by atoms with van der Waals surface area (Å²) in [5.41, 5.74) is -0.913. The predicted molar refractivity (Wildman–Crippen MR) is 85.3 cm³/mol. The maximum atomic E-state index is 16.3. The molecule has 1 heterocycles. The number of imide groups is 1. The fourth-order valence-corrected chi connectivity index (χ4v) is 4.45. The number of hydrogen-bond acceptors (Lipinski definition) is 4. The van der Waals surface area contributed by atoms with Crippen molar-refractivity contribution in [3.8, 4) is 0 Å². The molecule has 1 aromatic rings. The number of rotatable bonds is 1. The third-order valence-corrected chi connectivity index (χ3v) is 5.39. The Labute approximate surface area is 143 Å². The molecule has 130 valence electrons. The number of alkyl halides is 1. The van der Waals surface area contributed by atoms with Crippen LogP contribution in [0.4, 0.5) is 9.18 Å². The summed E-state index contributed by atoms with van der Waals surface area (Å²) in [5.74, 6) is -2.96. The Kier molecular flexibility index (Phi) is 3.10. The normalized spacial score (nSPS) is 33.0. The third kappa shape index (κ3) is 1.80. The van der Waals surface area contributed by atoms with Gasteiger partial charge in [-0.05, 0) is 17.2 Å². The van der Waals surface area contributed by atoms with E-state index in [1.165, 1.54) is 25.9 Å². The Morgan fingerprint density at radius 3 is 2.48 bits per heavy atom. The molecule has 1 aromatic carbocycles. The molecule has 3 amide bonds. The fraction of sp³-hybridized carbons (Fsp3) is 0.389. The first-order valence-electron chi connectivity index (χ1n) is 8.01. The smallest absolute Gasteiger partial charge is 0.326 e. The summed E-state index contributed by atoms with van der Waals surface area (Å²) in [5, 5.41) is 0. The van der Waals surface area contributed by atoms with Crippen molar-refractivity contribution in [1.82, 2.24) is 9.80 Å². The van der Waals surface area contributed by atoms with Gasteiger partial charge in [-0.25, -0.2) is 9.18 Å². The van der Waals surface area contributed by atoms with E-state index >= 15 is 4.39 Å². The second kappa shape index (κ2) is 4.91. The molecular formula is C18H17FN2O4. The molecule has 7 heteroatoms. The van der Waals surface area contributed by atoms with E-state index in [2.05, 4.69) is 0 Å². The van der Waals surface area contributed by atoms with Gasteiger partial charge in [0.2, 0.25) is 5.67 Å². The van der Waals surface area contributed by atoms with Crippen LogP contribution in [0.15, 0.2) is 36.1 Å². The van der Waals surface area contributed by atoms with Gasteiger partial charge in [-0.1, -0.05) is 24.3 Å². The number of urea groups is 1. The lowest BCUT2D eigenvalue weighted by Crippen LogP contribution is -2.73. The van der Waals surface area contributed by atoms with Crippen molar-refractivity contribution in [2.24, 2.45) is 0 Å². The molecule has 4 atom stereocenters. The van der Waals surface area contributed by atoms with Crippen LogP contribution in [0.25, 0.3) is 0 Å². The lowest BCUT2D eigenvalue weighted by molar-refractivity contribution is -0.157. The molecule has 1 aliphatic heterocycles. The monoisotopic (exact) mass is 344 g/mol. The second-order valence-corrected chi connectivity index (χ2v) is 6.72. The largest absolute Gasteiger partial charge is 0.431 e. The van der Waals surface area contributed by atoms with Crippen molar-refractivity contribution in [2.45, 2.75) is 30.5 Å². The number of halogens is 1. The van der Waals surface area contributed by atoms with Crippen LogP contribution in [0.1, 0.15) is 29.9 Å². The molecule has 5 rings (SSSR count). The van der Waals surface area contributed by atoms with Gasteiger partial charge in [0.05, 0.1) is 12.0 Å². The minimum absolute atomic E-state index is 0.138. The highest BCUT2D eigenvalue weighted by molar-refractivity contribution is 6.04. The van der Waals surface area contributed by atoms with Gasteiger partial charge >= 0.3 is 12.0 Å². The van der Waals surface area contributed by atoms with Crippen molar-refractivity contribution in [1.29, 1.82) is 0 Å². The highest BCUT2D eigenvalue weighted by Crippen LogP contribution is 2.58. The number of carbonyl (C=O) groups excluding carboxylic acids is 3. The lowest BCUT2D eigenvalue weighted by Gasteiger charge is -2.56. The van der Waals surface area contributed by atoms with E-state index < -0.39 is 41.5 Å². The molecule has 0 aromatic heterocycles. The van der Waals surface area contributed by atoms with Crippen LogP contribution in [0.5, 0.6) is 0 Å². The molecule has 0 spiro atoms. The number of amides is 3. The van der Waals surface area contributed by atoms with Crippen LogP contribution in [-0.2, 0) is 14.3 Å². The predicted octanol–water partition coefficient (Wildman–Crippen LogP) is 1.93. The molecule has 6 nitrogen and oxygen atoms in total. The molecule has 2 bridgehead atoms. The lowest BCUT2D eigenvalue weighted by atomic mass is 9.58. The van der Waals surface area contributed by atoms with Gasteiger partial charge < -0.3 is 9.64 Å². The summed E-state index contributed by atoms with van der Waals surface area (Å²) in [6, 6.07) is 5.67. The molecule has 0 saturated carbocycles. The highest BCUT2D eigenvalue weighted by Gasteiger charge is 2.69. The molecule has 3 aliphatic carbocycles. The molecule has 1 fully saturated rings. The highest BCUT2D eigenvalue weighted by atomic mass is 19.1. The van der Waals surface area contributed by atoms with E-state index in [1.807, 2.05) is 12.1 Å². The van der Waals surface area contributed by atoms with Gasteiger partial charge in [-0.2, -0.15) is 0 Å². The number of benzene rings is 1. The quantitative estimate of drug-likeness (QED) is 0.730. The number of esters is 1. The van der Waals surface area contributed by atoms with E-state index in [-0.39, 0.29) is 5.76 Å². The van der Waals surface area contributed by atoms with Gasteiger partial charge in [-0.3, -0.25) is 14.5 Å². The zero-order valence-corrected chi connectivity index (χ0v) is 14.0. The first-order chi connectivity index (χ1) is 11.8. The van der Waals surface area contributed by atoms with Crippen molar-refractivity contribution in [3.05, 3.63) is 47.2 Å². The summed E-state index contributed by atoms with van der Waals surface area (Å²) in [4.78, 5) is 38.7. The van der Waals surface area contributed by atoms with Crippen LogP contribution in [-0.4, -0.2) is 53.5 Å². The Balaban J connectivity index is 1.98. The average Bonchev–Trinajstić information content (AvgIpc) is 2.57. The molecule has 0 unspecified atom stereocenters. The maximum absolute atomic E-state index is 16.3. The Morgan fingerprint density at radius 2 is 1.84 bits per heavy atom. The van der Waals surface area contributed by atoms with Crippen LogP contribution >= 0.6 is 0 Å². The van der Waals surface area contributed by atoms with Crippen molar-refractivity contribution in [3.63, 3.8) is 0 Å². The Bertz CT molecular complexity index is 851. The number of ether oxygens (including phenoxy) is 1. The SMILES string of the molecule is CC(=O)OC1=C[C@H]2c3ccccc3[C@@H]1[C@]1(F)C(=O)N(C)C(=O)N(C)[C@H]21. The number of nitrogens with zero attached hydrogens (tertiary/aromatic N) is 2. The zero-order chi connectivity index (χ0) is 18.1. The van der Waals surface area contributed by atoms with Crippen LogP contribution in [0, 0.1) is 0 Å². The number of likely N-dealkylation sites (N-methyl/N-ethyl adjacent to an activating group) is 1. The molecule has 0 N–H and O–H groups in total. The minimum atomic E-state index is -2.38. The number of hydrogen-bond donors (Lipinski definition) is 0. The summed E-state index contributed by atoms with van der Waals surface area (Å²) in [7, 11) is 2.76. The minimum Gasteiger partial charge on any atom is -0.431 e. The van der Waals surface area contributed by atoms with E-state index in [0.717, 1.165) is 10.5 Å². The summed E-state index contributed by atoms with van der Waals surface area (Å²) >= 11 is 0. The Morgan fingerprint density at radius 1 is 1.20 bits per heavy atom. The van der Waals surface area contributed by atoms with Gasteiger partial charge in [0.1, 0.15) is 5.76 Å². The van der Waals surface area contributed by atoms with E-state index in [1.54, 1.807) is 18.2 Å². The molecule has 4 aliphatic rings. The van der Waals surface area contributed by atoms with E-state index in [0.29, 0.717) is 5.56 Å². The van der Waals surface area contributed by atoms with Crippen LogP contribution in [0.2, 0.25) is 0 Å². The van der Waals surface area contributed by atoms with Gasteiger partial charge in [0.25, 0.3) is 5.91 Å². The number of carbonyl (C=O) groups is 3. The Hall–Kier alpha value is -2.70. The third-order valence-electron chi connectivity index (χ3n) is 5.39. The van der Waals surface area contributed by atoms with Crippen molar-refractivity contribution in [2.75, 3.05) is 14.1 Å². The van der Waals surface area contributed by atoms with Crippen LogP contribution in [0.3, 0.4) is 0 Å². The molecule has 0 radical (unpaired) electrons. The standard InChI is InChI=1S/C18H17FN2O4/c1-9(22)25-13-8-12-10-6-4-5-7-11(10)14(13)18(19)15(12)20(2)17(24)21(3)16(18)23/h4-8,12,14-15H,1-3H3/t12-,14-,15+,18+/m0/s1. The molecule has 25 heavy (non-hydrogen) atoms. The summed E-state index contributed by atoms with van der Waals surface area (Å²) in [6.07, 6.45) is 1.67. The molecular weight excluding hydrogens is 327 g/mol. The first-order valence-corrected chi connectivity index (χ1v) is 8.01. The van der Waals surface area contributed by atoms with Crippen LogP contribution < -0.4 is 0 Å². The number of allylic oxidation sites excluding steroid dienone is 1. The topological polar surface area (TPSA) is 66.9 Å². The summed E-state index contributed by atoms with van der Waals surface area (Å²) in [6.45, 7) is 1.24. The zero-order valence-electron chi connectivity index (χ0n) is 14.0. The maximum Gasteiger partial charge on any atom is 0.326 e. The van der Waals surface area contributed by atoms with Gasteiger partial charge in [0, 0.05) is 26.9 Å².